The molecule has 13 heavy (non-hydrogen) atoms. The van der Waals surface area contributed by atoms with E-state index in [9.17, 15) is 0 Å². The normalized spacial score (nSPS) is 39.7. The molecule has 2 aliphatic rings. The smallest absolute Gasteiger partial charge is 0.0162 e. The molecule has 0 aromatic rings. The van der Waals surface area contributed by atoms with E-state index in [1.54, 1.807) is 0 Å². The number of nitrogens with one attached hydrogen (secondary N) is 1. The molecule has 0 spiro atoms. The summed E-state index contributed by atoms with van der Waals surface area (Å²) in [6.07, 6.45) is 5.94. The third kappa shape index (κ3) is 2.05. The van der Waals surface area contributed by atoms with Gasteiger partial charge >= 0.3 is 0 Å². The average molecular weight is 182 g/mol. The second kappa shape index (κ2) is 3.97. The van der Waals surface area contributed by atoms with Gasteiger partial charge in [0.05, 0.1) is 0 Å². The summed E-state index contributed by atoms with van der Waals surface area (Å²) in [4.78, 5) is 0. The van der Waals surface area contributed by atoms with Gasteiger partial charge in [0, 0.05) is 12.6 Å². The Bertz CT molecular complexity index is 157. The van der Waals surface area contributed by atoms with E-state index in [0.29, 0.717) is 6.04 Å². The van der Waals surface area contributed by atoms with E-state index in [1.807, 2.05) is 0 Å². The second-order valence-electron chi connectivity index (χ2n) is 4.82. The first-order chi connectivity index (χ1) is 6.33. The number of fused-ring (bicyclic) bond motifs is 1. The standard InChI is InChI=1S/C11H22N2/c1-8(6-12)13-7-11-9-4-2-3-5-10(9)11/h8-11,13H,2-7,12H2,1H3/t8-,9?,10?,11?/m1/s1. The molecule has 0 saturated heterocycles. The van der Waals surface area contributed by atoms with Gasteiger partial charge in [-0.3, -0.25) is 0 Å². The van der Waals surface area contributed by atoms with Gasteiger partial charge in [-0.15, -0.1) is 0 Å². The second-order valence-corrected chi connectivity index (χ2v) is 4.82. The van der Waals surface area contributed by atoms with E-state index in [1.165, 1.54) is 32.2 Å². The molecule has 76 valence electrons. The van der Waals surface area contributed by atoms with Crippen molar-refractivity contribution < 1.29 is 0 Å². The fourth-order valence-corrected chi connectivity index (χ4v) is 2.86. The molecule has 0 amide bonds. The first-order valence-electron chi connectivity index (χ1n) is 5.76. The van der Waals surface area contributed by atoms with Crippen molar-refractivity contribution in [3.63, 3.8) is 0 Å². The van der Waals surface area contributed by atoms with E-state index in [2.05, 4.69) is 12.2 Å². The molecule has 0 bridgehead atoms. The van der Waals surface area contributed by atoms with Crippen LogP contribution in [0.25, 0.3) is 0 Å². The maximum Gasteiger partial charge on any atom is 0.0162 e. The fourth-order valence-electron chi connectivity index (χ4n) is 2.86. The van der Waals surface area contributed by atoms with Crippen LogP contribution in [0.4, 0.5) is 0 Å². The number of hydrogen-bond donors (Lipinski definition) is 2. The summed E-state index contributed by atoms with van der Waals surface area (Å²) in [6.45, 7) is 4.15. The topological polar surface area (TPSA) is 38.0 Å². The van der Waals surface area contributed by atoms with Crippen LogP contribution >= 0.6 is 0 Å². The van der Waals surface area contributed by atoms with Crippen LogP contribution in [0.1, 0.15) is 32.6 Å². The van der Waals surface area contributed by atoms with Gasteiger partial charge in [-0.05, 0) is 44.1 Å². The van der Waals surface area contributed by atoms with Crippen molar-refractivity contribution in [3.8, 4) is 0 Å². The molecule has 2 unspecified atom stereocenters. The van der Waals surface area contributed by atoms with Gasteiger partial charge in [0.15, 0.2) is 0 Å². The van der Waals surface area contributed by atoms with Gasteiger partial charge in [0.1, 0.15) is 0 Å². The molecular weight excluding hydrogens is 160 g/mol. The molecule has 0 aromatic heterocycles. The minimum absolute atomic E-state index is 0.502. The Balaban J connectivity index is 1.67. The SMILES string of the molecule is C[C@H](CN)NCC1C2CCCCC21. The number of nitrogens with two attached hydrogens (primary N) is 1. The molecule has 3 N–H and O–H groups in total. The van der Waals surface area contributed by atoms with Crippen LogP contribution in [0.5, 0.6) is 0 Å². The van der Waals surface area contributed by atoms with Crippen LogP contribution in [0.15, 0.2) is 0 Å². The highest BCUT2D eigenvalue weighted by Gasteiger charge is 2.49. The Morgan fingerprint density at radius 1 is 1.31 bits per heavy atom. The number of hydrogen-bond acceptors (Lipinski definition) is 2. The van der Waals surface area contributed by atoms with Gasteiger partial charge in [-0.2, -0.15) is 0 Å². The van der Waals surface area contributed by atoms with Gasteiger partial charge in [0.2, 0.25) is 0 Å². The van der Waals surface area contributed by atoms with Crippen molar-refractivity contribution in [3.05, 3.63) is 0 Å². The van der Waals surface area contributed by atoms with E-state index >= 15 is 0 Å². The van der Waals surface area contributed by atoms with Crippen LogP contribution in [0, 0.1) is 17.8 Å². The van der Waals surface area contributed by atoms with Crippen molar-refractivity contribution >= 4 is 0 Å². The third-order valence-electron chi connectivity index (χ3n) is 3.89. The monoisotopic (exact) mass is 182 g/mol. The largest absolute Gasteiger partial charge is 0.329 e. The summed E-state index contributed by atoms with van der Waals surface area (Å²) in [5, 5.41) is 3.53. The highest BCUT2D eigenvalue weighted by atomic mass is 14.9. The van der Waals surface area contributed by atoms with Crippen LogP contribution in [0.2, 0.25) is 0 Å². The van der Waals surface area contributed by atoms with Crippen molar-refractivity contribution in [1.82, 2.24) is 5.32 Å². The summed E-state index contributed by atoms with van der Waals surface area (Å²) in [6, 6.07) is 0.502. The highest BCUT2D eigenvalue weighted by Crippen LogP contribution is 2.54. The lowest BCUT2D eigenvalue weighted by atomic mass is 10.0. The zero-order valence-electron chi connectivity index (χ0n) is 8.63. The predicted octanol–water partition coefficient (Wildman–Crippen LogP) is 1.36. The van der Waals surface area contributed by atoms with Crippen molar-refractivity contribution in [1.29, 1.82) is 0 Å². The summed E-state index contributed by atoms with van der Waals surface area (Å²) >= 11 is 0. The summed E-state index contributed by atoms with van der Waals surface area (Å²) in [5.74, 6) is 3.15. The predicted molar refractivity (Wildman–Crippen MR) is 55.5 cm³/mol. The van der Waals surface area contributed by atoms with Gasteiger partial charge in [-0.1, -0.05) is 12.8 Å². The Morgan fingerprint density at radius 2 is 1.92 bits per heavy atom. The van der Waals surface area contributed by atoms with Crippen LogP contribution < -0.4 is 11.1 Å². The molecular formula is C11H22N2. The van der Waals surface area contributed by atoms with Gasteiger partial charge in [-0.25, -0.2) is 0 Å². The zero-order chi connectivity index (χ0) is 9.26. The van der Waals surface area contributed by atoms with Gasteiger partial charge < -0.3 is 11.1 Å². The zero-order valence-corrected chi connectivity index (χ0v) is 8.63. The maximum atomic E-state index is 5.56. The Labute approximate surface area is 81.3 Å². The van der Waals surface area contributed by atoms with E-state index in [0.717, 1.165) is 24.3 Å². The quantitative estimate of drug-likeness (QED) is 0.689. The van der Waals surface area contributed by atoms with E-state index in [-0.39, 0.29) is 0 Å². The Hall–Kier alpha value is -0.0800. The maximum absolute atomic E-state index is 5.56. The molecule has 2 saturated carbocycles. The van der Waals surface area contributed by atoms with Crippen molar-refractivity contribution in [2.24, 2.45) is 23.5 Å². The van der Waals surface area contributed by atoms with Crippen molar-refractivity contribution in [2.75, 3.05) is 13.1 Å². The molecule has 3 atom stereocenters. The summed E-state index contributed by atoms with van der Waals surface area (Å²) in [7, 11) is 0. The van der Waals surface area contributed by atoms with Crippen molar-refractivity contribution in [2.45, 2.75) is 38.6 Å². The lowest BCUT2D eigenvalue weighted by Gasteiger charge is -2.10. The summed E-state index contributed by atoms with van der Waals surface area (Å²) in [5.41, 5.74) is 5.56. The molecule has 0 aliphatic heterocycles. The van der Waals surface area contributed by atoms with E-state index < -0.39 is 0 Å². The first-order valence-corrected chi connectivity index (χ1v) is 5.76. The molecule has 2 rings (SSSR count). The number of rotatable bonds is 4. The molecule has 2 fully saturated rings. The third-order valence-corrected chi connectivity index (χ3v) is 3.89. The lowest BCUT2D eigenvalue weighted by molar-refractivity contribution is 0.480. The molecule has 2 aliphatic carbocycles. The molecule has 0 heterocycles. The lowest BCUT2D eigenvalue weighted by Crippen LogP contribution is -2.34. The fraction of sp³-hybridized carbons (Fsp3) is 1.00. The summed E-state index contributed by atoms with van der Waals surface area (Å²) < 4.78 is 0. The first kappa shape index (κ1) is 9.47. The average Bonchev–Trinajstić information content (AvgIpc) is 2.88. The minimum Gasteiger partial charge on any atom is -0.329 e. The minimum atomic E-state index is 0.502. The highest BCUT2D eigenvalue weighted by molar-refractivity contribution is 5.00. The van der Waals surface area contributed by atoms with E-state index in [4.69, 9.17) is 5.73 Å². The van der Waals surface area contributed by atoms with Crippen LogP contribution in [0.3, 0.4) is 0 Å². The Morgan fingerprint density at radius 3 is 2.46 bits per heavy atom. The molecule has 2 heteroatoms. The molecule has 2 nitrogen and oxygen atoms in total. The van der Waals surface area contributed by atoms with Crippen LogP contribution in [-0.2, 0) is 0 Å². The molecule has 0 radical (unpaired) electrons. The van der Waals surface area contributed by atoms with Crippen LogP contribution in [-0.4, -0.2) is 19.1 Å². The Kier molecular flexibility index (Phi) is 2.89. The van der Waals surface area contributed by atoms with Gasteiger partial charge in [0.25, 0.3) is 0 Å². The molecule has 0 aromatic carbocycles.